The van der Waals surface area contributed by atoms with Crippen molar-refractivity contribution in [3.05, 3.63) is 51.8 Å². The first-order valence-electron chi connectivity index (χ1n) is 6.03. The van der Waals surface area contributed by atoms with E-state index in [2.05, 4.69) is 4.98 Å². The Morgan fingerprint density at radius 1 is 1.20 bits per heavy atom. The molecule has 2 aromatic rings. The first-order valence-corrected chi connectivity index (χ1v) is 6.41. The van der Waals surface area contributed by atoms with Gasteiger partial charge in [-0.05, 0) is 44.0 Å². The summed E-state index contributed by atoms with van der Waals surface area (Å²) >= 11 is 5.97. The molecular formula is C15H14ClNO3. The van der Waals surface area contributed by atoms with Crippen LogP contribution in [0.1, 0.15) is 27.2 Å². The minimum absolute atomic E-state index is 0.0318. The fourth-order valence-electron chi connectivity index (χ4n) is 1.95. The number of pyridine rings is 1. The predicted octanol–water partition coefficient (Wildman–Crippen LogP) is 4.15. The summed E-state index contributed by atoms with van der Waals surface area (Å²) in [5.74, 6) is -0.183. The lowest BCUT2D eigenvalue weighted by Crippen LogP contribution is -2.03. The summed E-state index contributed by atoms with van der Waals surface area (Å²) in [6, 6.07) is 5.16. The van der Waals surface area contributed by atoms with E-state index in [0.717, 1.165) is 11.1 Å². The van der Waals surface area contributed by atoms with Gasteiger partial charge < -0.3 is 9.84 Å². The second-order valence-corrected chi connectivity index (χ2v) is 5.03. The van der Waals surface area contributed by atoms with Gasteiger partial charge in [-0.25, -0.2) is 4.79 Å². The van der Waals surface area contributed by atoms with Gasteiger partial charge in [-0.3, -0.25) is 4.98 Å². The van der Waals surface area contributed by atoms with Crippen LogP contribution < -0.4 is 4.74 Å². The van der Waals surface area contributed by atoms with Crippen LogP contribution in [0.3, 0.4) is 0 Å². The molecular weight excluding hydrogens is 278 g/mol. The van der Waals surface area contributed by atoms with E-state index in [0.29, 0.717) is 16.5 Å². The third-order valence-electron chi connectivity index (χ3n) is 2.87. The van der Waals surface area contributed by atoms with Gasteiger partial charge in [-0.1, -0.05) is 11.6 Å². The lowest BCUT2D eigenvalue weighted by atomic mass is 10.1. The Morgan fingerprint density at radius 2 is 1.80 bits per heavy atom. The molecule has 0 amide bonds. The van der Waals surface area contributed by atoms with Gasteiger partial charge in [0.25, 0.3) is 0 Å². The normalized spacial score (nSPS) is 10.4. The van der Waals surface area contributed by atoms with Crippen molar-refractivity contribution in [3.63, 3.8) is 0 Å². The minimum Gasteiger partial charge on any atom is -0.477 e. The summed E-state index contributed by atoms with van der Waals surface area (Å²) in [6.45, 7) is 5.51. The average molecular weight is 292 g/mol. The number of ether oxygens (including phenoxy) is 1. The number of nitrogens with zero attached hydrogens (tertiary/aromatic N) is 1. The average Bonchev–Trinajstić information content (AvgIpc) is 2.33. The maximum atomic E-state index is 11.2. The van der Waals surface area contributed by atoms with Gasteiger partial charge in [0.15, 0.2) is 0 Å². The molecule has 0 saturated carbocycles. The van der Waals surface area contributed by atoms with Gasteiger partial charge in [0.2, 0.25) is 0 Å². The molecule has 20 heavy (non-hydrogen) atoms. The number of carboxylic acids is 1. The molecule has 104 valence electrons. The zero-order valence-electron chi connectivity index (χ0n) is 11.4. The zero-order valence-corrected chi connectivity index (χ0v) is 12.2. The predicted molar refractivity (Wildman–Crippen MR) is 76.9 cm³/mol. The lowest BCUT2D eigenvalue weighted by molar-refractivity contribution is 0.0693. The Labute approximate surface area is 122 Å². The van der Waals surface area contributed by atoms with Crippen molar-refractivity contribution >= 4 is 17.6 Å². The van der Waals surface area contributed by atoms with Crippen LogP contribution in [0.5, 0.6) is 11.5 Å². The van der Waals surface area contributed by atoms with Crippen molar-refractivity contribution in [2.24, 2.45) is 0 Å². The molecule has 0 aliphatic carbocycles. The van der Waals surface area contributed by atoms with Gasteiger partial charge in [0.1, 0.15) is 17.1 Å². The van der Waals surface area contributed by atoms with Gasteiger partial charge in [-0.15, -0.1) is 0 Å². The number of aromatic carboxylic acids is 1. The Balaban J connectivity index is 2.50. The molecule has 0 unspecified atom stereocenters. The third-order valence-corrected chi connectivity index (χ3v) is 3.09. The van der Waals surface area contributed by atoms with Crippen molar-refractivity contribution in [2.45, 2.75) is 20.8 Å². The molecule has 0 radical (unpaired) electrons. The number of rotatable bonds is 3. The lowest BCUT2D eigenvalue weighted by Gasteiger charge is -2.14. The van der Waals surface area contributed by atoms with Gasteiger partial charge in [-0.2, -0.15) is 0 Å². The van der Waals surface area contributed by atoms with Crippen LogP contribution in [0.15, 0.2) is 24.4 Å². The summed E-state index contributed by atoms with van der Waals surface area (Å²) in [5, 5.41) is 9.80. The third kappa shape index (κ3) is 2.91. The molecule has 0 fully saturated rings. The number of aromatic nitrogens is 1. The van der Waals surface area contributed by atoms with Crippen molar-refractivity contribution < 1.29 is 14.6 Å². The SMILES string of the molecule is Cc1cc(Oc2c(C)cc(Cl)cc2C)c(C(=O)O)cn1. The smallest absolute Gasteiger partial charge is 0.341 e. The van der Waals surface area contributed by atoms with Gasteiger partial charge in [0, 0.05) is 23.0 Å². The second kappa shape index (κ2) is 5.51. The first kappa shape index (κ1) is 14.3. The van der Waals surface area contributed by atoms with E-state index in [4.69, 9.17) is 16.3 Å². The van der Waals surface area contributed by atoms with E-state index in [9.17, 15) is 9.90 Å². The summed E-state index contributed by atoms with van der Waals surface area (Å²) in [4.78, 5) is 15.2. The number of hydrogen-bond donors (Lipinski definition) is 1. The Bertz CT molecular complexity index is 660. The number of benzene rings is 1. The quantitative estimate of drug-likeness (QED) is 0.923. The Morgan fingerprint density at radius 3 is 2.35 bits per heavy atom. The van der Waals surface area contributed by atoms with Gasteiger partial charge in [0.05, 0.1) is 0 Å². The molecule has 1 heterocycles. The monoisotopic (exact) mass is 291 g/mol. The highest BCUT2D eigenvalue weighted by atomic mass is 35.5. The molecule has 0 aliphatic rings. The molecule has 5 heteroatoms. The van der Waals surface area contributed by atoms with E-state index < -0.39 is 5.97 Å². The molecule has 0 atom stereocenters. The van der Waals surface area contributed by atoms with Gasteiger partial charge >= 0.3 is 5.97 Å². The Hall–Kier alpha value is -2.07. The Kier molecular flexibility index (Phi) is 3.95. The highest BCUT2D eigenvalue weighted by Gasteiger charge is 2.15. The fourth-order valence-corrected chi connectivity index (χ4v) is 2.28. The molecule has 0 bridgehead atoms. The van der Waals surface area contributed by atoms with Crippen LogP contribution >= 0.6 is 11.6 Å². The molecule has 2 rings (SSSR count). The van der Waals surface area contributed by atoms with E-state index in [-0.39, 0.29) is 11.3 Å². The molecule has 4 nitrogen and oxygen atoms in total. The van der Waals surface area contributed by atoms with Crippen molar-refractivity contribution in [1.29, 1.82) is 0 Å². The molecule has 1 aromatic heterocycles. The van der Waals surface area contributed by atoms with Crippen LogP contribution in [-0.2, 0) is 0 Å². The summed E-state index contributed by atoms with van der Waals surface area (Å²) < 4.78 is 5.79. The molecule has 1 aromatic carbocycles. The number of carbonyl (C=O) groups is 1. The zero-order chi connectivity index (χ0) is 14.9. The second-order valence-electron chi connectivity index (χ2n) is 4.60. The van der Waals surface area contributed by atoms with Crippen LogP contribution in [0.25, 0.3) is 0 Å². The fraction of sp³-hybridized carbons (Fsp3) is 0.200. The topological polar surface area (TPSA) is 59.4 Å². The molecule has 1 N–H and O–H groups in total. The largest absolute Gasteiger partial charge is 0.477 e. The standard InChI is InChI=1S/C15H14ClNO3/c1-8-4-11(16)5-9(2)14(8)20-13-6-10(3)17-7-12(13)15(18)19/h4-7H,1-3H3,(H,18,19). The maximum absolute atomic E-state index is 11.2. The molecule has 0 spiro atoms. The maximum Gasteiger partial charge on any atom is 0.341 e. The first-order chi connectivity index (χ1) is 9.38. The van der Waals surface area contributed by atoms with Crippen LogP contribution in [0.2, 0.25) is 5.02 Å². The van der Waals surface area contributed by atoms with Crippen molar-refractivity contribution in [3.8, 4) is 11.5 Å². The minimum atomic E-state index is -1.07. The van der Waals surface area contributed by atoms with Crippen LogP contribution in [0, 0.1) is 20.8 Å². The molecule has 0 saturated heterocycles. The number of carboxylic acid groups (broad SMARTS) is 1. The number of aryl methyl sites for hydroxylation is 3. The van der Waals surface area contributed by atoms with Crippen LogP contribution in [-0.4, -0.2) is 16.1 Å². The highest BCUT2D eigenvalue weighted by molar-refractivity contribution is 6.30. The summed E-state index contributed by atoms with van der Waals surface area (Å²) in [7, 11) is 0. The highest BCUT2D eigenvalue weighted by Crippen LogP contribution is 2.33. The van der Waals surface area contributed by atoms with E-state index in [1.807, 2.05) is 13.8 Å². The van der Waals surface area contributed by atoms with E-state index in [1.54, 1.807) is 25.1 Å². The number of halogens is 1. The summed E-state index contributed by atoms with van der Waals surface area (Å²) in [5.41, 5.74) is 2.42. The summed E-state index contributed by atoms with van der Waals surface area (Å²) in [6.07, 6.45) is 1.30. The van der Waals surface area contributed by atoms with E-state index in [1.165, 1.54) is 6.20 Å². The van der Waals surface area contributed by atoms with E-state index >= 15 is 0 Å². The van der Waals surface area contributed by atoms with Crippen LogP contribution in [0.4, 0.5) is 0 Å². The molecule has 0 aliphatic heterocycles. The van der Waals surface area contributed by atoms with Crippen molar-refractivity contribution in [2.75, 3.05) is 0 Å². The van der Waals surface area contributed by atoms with Crippen molar-refractivity contribution in [1.82, 2.24) is 4.98 Å². The number of hydrogen-bond acceptors (Lipinski definition) is 3.